The van der Waals surface area contributed by atoms with Crippen LogP contribution in [0.1, 0.15) is 30.2 Å². The van der Waals surface area contributed by atoms with Crippen molar-refractivity contribution < 1.29 is 14.1 Å². The molecule has 6 heteroatoms. The molecule has 1 N–H and O–H groups in total. The maximum absolute atomic E-state index is 12.3. The molecule has 0 spiro atoms. The second-order valence-corrected chi connectivity index (χ2v) is 6.13. The van der Waals surface area contributed by atoms with Gasteiger partial charge in [-0.1, -0.05) is 24.2 Å². The number of carbonyl (C=O) groups excluding carboxylic acids is 1. The third kappa shape index (κ3) is 5.32. The second kappa shape index (κ2) is 9.22. The van der Waals surface area contributed by atoms with Crippen LogP contribution in [0.25, 0.3) is 11.3 Å². The van der Waals surface area contributed by atoms with Crippen molar-refractivity contribution in [3.8, 4) is 11.3 Å². The summed E-state index contributed by atoms with van der Waals surface area (Å²) in [4.78, 5) is 14.0. The summed E-state index contributed by atoms with van der Waals surface area (Å²) in [6, 6.07) is 7.93. The Kier molecular flexibility index (Phi) is 7.01. The minimum Gasteiger partial charge on any atom is -0.383 e. The zero-order chi connectivity index (χ0) is 18.2. The van der Waals surface area contributed by atoms with E-state index in [9.17, 15) is 4.79 Å². The number of rotatable bonds is 8. The highest BCUT2D eigenvalue weighted by molar-refractivity contribution is 5.74. The minimum absolute atomic E-state index is 0.116. The van der Waals surface area contributed by atoms with Crippen LogP contribution >= 0.6 is 0 Å². The summed E-state index contributed by atoms with van der Waals surface area (Å²) in [5.41, 5.74) is 4.15. The Morgan fingerprint density at radius 2 is 2.08 bits per heavy atom. The standard InChI is InChI=1S/C19H27N3O3/c1-5-8-20-19(23)22(9-10-24-4)13-17-12-18(25-21-17)16-7-6-14(2)15(3)11-16/h6-7,11-12H,5,8-10,13H2,1-4H3,(H,20,23). The minimum atomic E-state index is -0.116. The number of aromatic nitrogens is 1. The van der Waals surface area contributed by atoms with E-state index in [1.165, 1.54) is 11.1 Å². The lowest BCUT2D eigenvalue weighted by atomic mass is 10.0. The highest BCUT2D eigenvalue weighted by Gasteiger charge is 2.16. The SMILES string of the molecule is CCCNC(=O)N(CCOC)Cc1cc(-c2ccc(C)c(C)c2)on1. The van der Waals surface area contributed by atoms with Gasteiger partial charge < -0.3 is 19.5 Å². The van der Waals surface area contributed by atoms with Crippen molar-refractivity contribution in [2.45, 2.75) is 33.7 Å². The van der Waals surface area contributed by atoms with Gasteiger partial charge in [0.1, 0.15) is 5.69 Å². The van der Waals surface area contributed by atoms with Crippen molar-refractivity contribution in [1.29, 1.82) is 0 Å². The van der Waals surface area contributed by atoms with Crippen molar-refractivity contribution in [3.63, 3.8) is 0 Å². The lowest BCUT2D eigenvalue weighted by Gasteiger charge is -2.21. The number of methoxy groups -OCH3 is 1. The largest absolute Gasteiger partial charge is 0.383 e. The fraction of sp³-hybridized carbons (Fsp3) is 0.474. The van der Waals surface area contributed by atoms with Gasteiger partial charge in [0.15, 0.2) is 5.76 Å². The monoisotopic (exact) mass is 345 g/mol. The zero-order valence-corrected chi connectivity index (χ0v) is 15.5. The van der Waals surface area contributed by atoms with Crippen molar-refractivity contribution in [3.05, 3.63) is 41.1 Å². The number of ether oxygens (including phenoxy) is 1. The molecule has 0 saturated heterocycles. The first-order chi connectivity index (χ1) is 12.0. The summed E-state index contributed by atoms with van der Waals surface area (Å²) in [5.74, 6) is 0.707. The summed E-state index contributed by atoms with van der Waals surface area (Å²) in [6.07, 6.45) is 0.894. The van der Waals surface area contributed by atoms with Gasteiger partial charge in [0.05, 0.1) is 13.2 Å². The lowest BCUT2D eigenvalue weighted by Crippen LogP contribution is -2.41. The van der Waals surface area contributed by atoms with E-state index >= 15 is 0 Å². The molecule has 2 rings (SSSR count). The molecule has 2 amide bonds. The molecule has 136 valence electrons. The van der Waals surface area contributed by atoms with Gasteiger partial charge in [0, 0.05) is 31.8 Å². The van der Waals surface area contributed by atoms with Crippen molar-refractivity contribution in [1.82, 2.24) is 15.4 Å². The molecule has 0 aliphatic carbocycles. The number of urea groups is 1. The summed E-state index contributed by atoms with van der Waals surface area (Å²) in [7, 11) is 1.62. The van der Waals surface area contributed by atoms with Crippen LogP contribution in [0.15, 0.2) is 28.8 Å². The van der Waals surface area contributed by atoms with Crippen LogP contribution in [-0.4, -0.2) is 42.9 Å². The van der Waals surface area contributed by atoms with Gasteiger partial charge in [0.25, 0.3) is 0 Å². The van der Waals surface area contributed by atoms with E-state index in [1.807, 2.05) is 19.1 Å². The van der Waals surface area contributed by atoms with Crippen LogP contribution in [0, 0.1) is 13.8 Å². The molecule has 0 saturated carbocycles. The maximum Gasteiger partial charge on any atom is 0.317 e. The third-order valence-electron chi connectivity index (χ3n) is 4.08. The summed E-state index contributed by atoms with van der Waals surface area (Å²) in [5, 5.41) is 7.00. The van der Waals surface area contributed by atoms with Gasteiger partial charge in [0.2, 0.25) is 0 Å². The highest BCUT2D eigenvalue weighted by Crippen LogP contribution is 2.23. The van der Waals surface area contributed by atoms with Gasteiger partial charge in [-0.15, -0.1) is 0 Å². The average Bonchev–Trinajstić information content (AvgIpc) is 3.07. The van der Waals surface area contributed by atoms with Crippen molar-refractivity contribution in [2.24, 2.45) is 0 Å². The quantitative estimate of drug-likeness (QED) is 0.795. The summed E-state index contributed by atoms with van der Waals surface area (Å²) < 4.78 is 10.6. The van der Waals surface area contributed by atoms with E-state index in [-0.39, 0.29) is 6.03 Å². The molecule has 0 radical (unpaired) electrons. The maximum atomic E-state index is 12.3. The van der Waals surface area contributed by atoms with Gasteiger partial charge >= 0.3 is 6.03 Å². The Morgan fingerprint density at radius 3 is 2.76 bits per heavy atom. The number of nitrogens with one attached hydrogen (secondary N) is 1. The van der Waals surface area contributed by atoms with Gasteiger partial charge in [-0.05, 0) is 37.5 Å². The van der Waals surface area contributed by atoms with Gasteiger partial charge in [-0.25, -0.2) is 4.79 Å². The summed E-state index contributed by atoms with van der Waals surface area (Å²) >= 11 is 0. The molecule has 0 aliphatic heterocycles. The Balaban J connectivity index is 2.10. The van der Waals surface area contributed by atoms with Crippen LogP contribution in [0.5, 0.6) is 0 Å². The van der Waals surface area contributed by atoms with Crippen LogP contribution < -0.4 is 5.32 Å². The smallest absolute Gasteiger partial charge is 0.317 e. The molecule has 0 atom stereocenters. The number of hydrogen-bond acceptors (Lipinski definition) is 4. The van der Waals surface area contributed by atoms with Crippen LogP contribution in [0.2, 0.25) is 0 Å². The van der Waals surface area contributed by atoms with E-state index in [1.54, 1.807) is 12.0 Å². The number of aryl methyl sites for hydroxylation is 2. The molecule has 1 aromatic heterocycles. The molecule has 6 nitrogen and oxygen atoms in total. The van der Waals surface area contributed by atoms with Crippen molar-refractivity contribution >= 4 is 6.03 Å². The Morgan fingerprint density at radius 1 is 1.28 bits per heavy atom. The summed E-state index contributed by atoms with van der Waals surface area (Å²) in [6.45, 7) is 8.17. The van der Waals surface area contributed by atoms with Crippen LogP contribution in [-0.2, 0) is 11.3 Å². The van der Waals surface area contributed by atoms with Crippen LogP contribution in [0.3, 0.4) is 0 Å². The Bertz CT molecular complexity index is 697. The first kappa shape index (κ1) is 19.0. The predicted octanol–water partition coefficient (Wildman–Crippen LogP) is 3.53. The molecule has 0 fully saturated rings. The Hall–Kier alpha value is -2.34. The zero-order valence-electron chi connectivity index (χ0n) is 15.5. The number of benzene rings is 1. The van der Waals surface area contributed by atoms with E-state index < -0.39 is 0 Å². The molecule has 0 bridgehead atoms. The first-order valence-corrected chi connectivity index (χ1v) is 8.60. The fourth-order valence-electron chi connectivity index (χ4n) is 2.41. The van der Waals surface area contributed by atoms with E-state index in [2.05, 4.69) is 36.5 Å². The molecule has 25 heavy (non-hydrogen) atoms. The van der Waals surface area contributed by atoms with E-state index in [4.69, 9.17) is 9.26 Å². The molecule has 0 unspecified atom stereocenters. The number of carbonyl (C=O) groups is 1. The molecule has 1 heterocycles. The third-order valence-corrected chi connectivity index (χ3v) is 4.08. The Labute approximate surface area is 149 Å². The molecule has 2 aromatic rings. The molecule has 0 aliphatic rings. The normalized spacial score (nSPS) is 10.7. The van der Waals surface area contributed by atoms with E-state index in [0.717, 1.165) is 17.7 Å². The highest BCUT2D eigenvalue weighted by atomic mass is 16.5. The van der Waals surface area contributed by atoms with Crippen molar-refractivity contribution in [2.75, 3.05) is 26.8 Å². The molecular formula is C19H27N3O3. The van der Waals surface area contributed by atoms with Gasteiger partial charge in [-0.3, -0.25) is 0 Å². The van der Waals surface area contributed by atoms with Crippen LogP contribution in [0.4, 0.5) is 4.79 Å². The number of hydrogen-bond donors (Lipinski definition) is 1. The van der Waals surface area contributed by atoms with E-state index in [0.29, 0.717) is 32.0 Å². The lowest BCUT2D eigenvalue weighted by molar-refractivity contribution is 0.145. The first-order valence-electron chi connectivity index (χ1n) is 8.60. The molecule has 1 aromatic carbocycles. The number of amides is 2. The predicted molar refractivity (Wildman–Crippen MR) is 97.4 cm³/mol. The fourth-order valence-corrected chi connectivity index (χ4v) is 2.41. The van der Waals surface area contributed by atoms with Gasteiger partial charge in [-0.2, -0.15) is 0 Å². The average molecular weight is 345 g/mol. The topological polar surface area (TPSA) is 67.6 Å². The number of nitrogens with zero attached hydrogens (tertiary/aromatic N) is 2. The second-order valence-electron chi connectivity index (χ2n) is 6.13. The molecular weight excluding hydrogens is 318 g/mol.